The molecule has 3 aromatic rings. The number of piperazine rings is 1. The van der Waals surface area contributed by atoms with Gasteiger partial charge in [0.25, 0.3) is 5.56 Å². The van der Waals surface area contributed by atoms with Gasteiger partial charge in [-0.1, -0.05) is 24.3 Å². The molecule has 2 aromatic heterocycles. The number of nitrogens with one attached hydrogen (secondary N) is 1. The average molecular weight is 377 g/mol. The van der Waals surface area contributed by atoms with Gasteiger partial charge in [0.05, 0.1) is 0 Å². The summed E-state index contributed by atoms with van der Waals surface area (Å²) in [6.07, 6.45) is 3.81. The van der Waals surface area contributed by atoms with Crippen LogP contribution in [0.5, 0.6) is 0 Å². The predicted octanol–water partition coefficient (Wildman–Crippen LogP) is 1.44. The lowest BCUT2D eigenvalue weighted by molar-refractivity contribution is 0.249. The van der Waals surface area contributed by atoms with Gasteiger partial charge in [-0.2, -0.15) is 4.98 Å². The van der Waals surface area contributed by atoms with Crippen LogP contribution in [-0.2, 0) is 6.54 Å². The summed E-state index contributed by atoms with van der Waals surface area (Å²) in [5.41, 5.74) is 8.73. The van der Waals surface area contributed by atoms with E-state index in [9.17, 15) is 4.79 Å². The topological polar surface area (TPSA) is 104 Å². The maximum Gasteiger partial charge on any atom is 0.254 e. The number of aromatic nitrogens is 4. The molecule has 1 aromatic carbocycles. The molecule has 1 aliphatic rings. The molecule has 3 heterocycles. The smallest absolute Gasteiger partial charge is 0.254 e. The third-order valence-electron chi connectivity index (χ3n) is 4.94. The molecule has 0 saturated carbocycles. The number of aromatic amines is 1. The minimum atomic E-state index is -0.226. The van der Waals surface area contributed by atoms with Crippen molar-refractivity contribution < 1.29 is 0 Å². The third kappa shape index (κ3) is 4.01. The largest absolute Gasteiger partial charge is 0.369 e. The van der Waals surface area contributed by atoms with Gasteiger partial charge in [0.2, 0.25) is 5.95 Å². The van der Waals surface area contributed by atoms with Crippen molar-refractivity contribution in [3.8, 4) is 11.4 Å². The Bertz CT molecular complexity index is 1010. The Morgan fingerprint density at radius 3 is 2.50 bits per heavy atom. The molecule has 8 heteroatoms. The fourth-order valence-electron chi connectivity index (χ4n) is 3.42. The molecule has 0 unspecified atom stereocenters. The van der Waals surface area contributed by atoms with Crippen molar-refractivity contribution in [1.29, 1.82) is 0 Å². The second kappa shape index (κ2) is 7.77. The Labute approximate surface area is 163 Å². The van der Waals surface area contributed by atoms with Gasteiger partial charge in [-0.3, -0.25) is 14.7 Å². The standard InChI is InChI=1S/C20H23N7O/c1-14-4-2-3-5-16(14)19-22-11-15(12-23-19)13-26-6-8-27(9-7-26)17-10-18(28)25-20(21)24-17/h2-5,10-12H,6-9,13H2,1H3,(H3,21,24,25,28). The molecule has 1 fully saturated rings. The number of hydrogen-bond donors (Lipinski definition) is 2. The maximum atomic E-state index is 11.6. The summed E-state index contributed by atoms with van der Waals surface area (Å²) in [4.78, 5) is 31.8. The van der Waals surface area contributed by atoms with Gasteiger partial charge in [-0.05, 0) is 12.5 Å². The van der Waals surface area contributed by atoms with E-state index in [0.717, 1.165) is 49.7 Å². The highest BCUT2D eigenvalue weighted by atomic mass is 16.1. The zero-order chi connectivity index (χ0) is 19.5. The Morgan fingerprint density at radius 2 is 1.82 bits per heavy atom. The molecular formula is C20H23N7O. The van der Waals surface area contributed by atoms with Gasteiger partial charge < -0.3 is 10.6 Å². The first-order valence-corrected chi connectivity index (χ1v) is 9.29. The Hall–Kier alpha value is -3.26. The summed E-state index contributed by atoms with van der Waals surface area (Å²) in [5, 5.41) is 0. The molecule has 0 amide bonds. The summed E-state index contributed by atoms with van der Waals surface area (Å²) >= 11 is 0. The van der Waals surface area contributed by atoms with E-state index < -0.39 is 0 Å². The lowest BCUT2D eigenvalue weighted by Crippen LogP contribution is -2.46. The van der Waals surface area contributed by atoms with Crippen LogP contribution in [0.1, 0.15) is 11.1 Å². The van der Waals surface area contributed by atoms with Crippen LogP contribution >= 0.6 is 0 Å². The van der Waals surface area contributed by atoms with Crippen molar-refractivity contribution in [1.82, 2.24) is 24.8 Å². The molecule has 0 aliphatic carbocycles. The number of nitrogens with zero attached hydrogens (tertiary/aromatic N) is 5. The van der Waals surface area contributed by atoms with Crippen molar-refractivity contribution in [2.24, 2.45) is 0 Å². The average Bonchev–Trinajstić information content (AvgIpc) is 2.69. The predicted molar refractivity (Wildman–Crippen MR) is 109 cm³/mol. The highest BCUT2D eigenvalue weighted by Crippen LogP contribution is 2.19. The van der Waals surface area contributed by atoms with E-state index in [-0.39, 0.29) is 11.5 Å². The Kier molecular flexibility index (Phi) is 5.03. The van der Waals surface area contributed by atoms with Crippen LogP contribution in [0.4, 0.5) is 11.8 Å². The SMILES string of the molecule is Cc1ccccc1-c1ncc(CN2CCN(c3cc(=O)[nH]c(N)n3)CC2)cn1. The van der Waals surface area contributed by atoms with Gasteiger partial charge in [-0.25, -0.2) is 9.97 Å². The highest BCUT2D eigenvalue weighted by molar-refractivity contribution is 5.59. The summed E-state index contributed by atoms with van der Waals surface area (Å²) in [7, 11) is 0. The minimum absolute atomic E-state index is 0.149. The van der Waals surface area contributed by atoms with Crippen molar-refractivity contribution in [2.45, 2.75) is 13.5 Å². The number of H-pyrrole nitrogens is 1. The van der Waals surface area contributed by atoms with Crippen LogP contribution in [0.15, 0.2) is 47.5 Å². The van der Waals surface area contributed by atoms with E-state index in [2.05, 4.69) is 42.7 Å². The highest BCUT2D eigenvalue weighted by Gasteiger charge is 2.19. The molecule has 1 aliphatic heterocycles. The van der Waals surface area contributed by atoms with E-state index in [1.54, 1.807) is 0 Å². The zero-order valence-corrected chi connectivity index (χ0v) is 15.8. The van der Waals surface area contributed by atoms with Crippen molar-refractivity contribution in [2.75, 3.05) is 36.8 Å². The zero-order valence-electron chi connectivity index (χ0n) is 15.8. The number of anilines is 2. The van der Waals surface area contributed by atoms with E-state index >= 15 is 0 Å². The maximum absolute atomic E-state index is 11.6. The number of nitrogen functional groups attached to an aromatic ring is 1. The van der Waals surface area contributed by atoms with E-state index in [1.807, 2.05) is 30.6 Å². The molecule has 0 atom stereocenters. The minimum Gasteiger partial charge on any atom is -0.369 e. The summed E-state index contributed by atoms with van der Waals surface area (Å²) in [5.74, 6) is 1.53. The molecule has 8 nitrogen and oxygen atoms in total. The molecule has 3 N–H and O–H groups in total. The van der Waals surface area contributed by atoms with Gasteiger partial charge >= 0.3 is 0 Å². The van der Waals surface area contributed by atoms with Crippen LogP contribution in [0, 0.1) is 6.92 Å². The molecule has 0 bridgehead atoms. The second-order valence-corrected chi connectivity index (χ2v) is 6.98. The fourth-order valence-corrected chi connectivity index (χ4v) is 3.42. The Balaban J connectivity index is 1.37. The van der Waals surface area contributed by atoms with Gasteiger partial charge in [0, 0.05) is 62.3 Å². The van der Waals surface area contributed by atoms with Gasteiger partial charge in [-0.15, -0.1) is 0 Å². The van der Waals surface area contributed by atoms with E-state index in [1.165, 1.54) is 11.6 Å². The molecule has 0 spiro atoms. The van der Waals surface area contributed by atoms with E-state index in [4.69, 9.17) is 5.73 Å². The van der Waals surface area contributed by atoms with Crippen molar-refractivity contribution in [3.05, 3.63) is 64.2 Å². The number of nitrogens with two attached hydrogens (primary N) is 1. The normalized spacial score (nSPS) is 15.0. The summed E-state index contributed by atoms with van der Waals surface area (Å²) in [6.45, 7) is 6.18. The van der Waals surface area contributed by atoms with Crippen molar-refractivity contribution >= 4 is 11.8 Å². The number of benzene rings is 1. The van der Waals surface area contributed by atoms with Crippen LogP contribution in [0.3, 0.4) is 0 Å². The molecule has 1 saturated heterocycles. The summed E-state index contributed by atoms with van der Waals surface area (Å²) in [6, 6.07) is 9.61. The third-order valence-corrected chi connectivity index (χ3v) is 4.94. The first-order valence-electron chi connectivity index (χ1n) is 9.29. The lowest BCUT2D eigenvalue weighted by Gasteiger charge is -2.35. The number of aryl methyl sites for hydroxylation is 1. The first-order chi connectivity index (χ1) is 13.6. The van der Waals surface area contributed by atoms with Crippen molar-refractivity contribution in [3.63, 3.8) is 0 Å². The number of rotatable bonds is 4. The van der Waals surface area contributed by atoms with E-state index in [0.29, 0.717) is 5.82 Å². The number of hydrogen-bond acceptors (Lipinski definition) is 7. The molecule has 144 valence electrons. The Morgan fingerprint density at radius 1 is 1.11 bits per heavy atom. The second-order valence-electron chi connectivity index (χ2n) is 6.98. The van der Waals surface area contributed by atoms with Gasteiger partial charge in [0.15, 0.2) is 5.82 Å². The van der Waals surface area contributed by atoms with Crippen LogP contribution in [-0.4, -0.2) is 51.0 Å². The van der Waals surface area contributed by atoms with Crippen LogP contribution in [0.25, 0.3) is 11.4 Å². The first kappa shape index (κ1) is 18.1. The molecule has 28 heavy (non-hydrogen) atoms. The lowest BCUT2D eigenvalue weighted by atomic mass is 10.1. The monoisotopic (exact) mass is 377 g/mol. The quantitative estimate of drug-likeness (QED) is 0.709. The van der Waals surface area contributed by atoms with Gasteiger partial charge in [0.1, 0.15) is 5.82 Å². The fraction of sp³-hybridized carbons (Fsp3) is 0.300. The molecule has 4 rings (SSSR count). The summed E-state index contributed by atoms with van der Waals surface area (Å²) < 4.78 is 0. The molecule has 0 radical (unpaired) electrons. The molecular weight excluding hydrogens is 354 g/mol. The van der Waals surface area contributed by atoms with Crippen LogP contribution < -0.4 is 16.2 Å². The van der Waals surface area contributed by atoms with Crippen LogP contribution in [0.2, 0.25) is 0 Å².